The van der Waals surface area contributed by atoms with Crippen LogP contribution in [0, 0.1) is 20.2 Å². The molecule has 1 fully saturated rings. The van der Waals surface area contributed by atoms with E-state index in [1.165, 1.54) is 30.3 Å². The molecular formula is C32H23ClN4O10. The number of carbonyl (C=O) groups excluding carboxylic acids is 3. The Kier molecular flexibility index (Phi) is 9.42. The zero-order valence-electron chi connectivity index (χ0n) is 24.4. The molecule has 1 aliphatic heterocycles. The topological polar surface area (TPSA) is 180 Å². The summed E-state index contributed by atoms with van der Waals surface area (Å²) < 4.78 is 17.1. The van der Waals surface area contributed by atoms with Gasteiger partial charge in [0.25, 0.3) is 17.5 Å². The number of imide groups is 2. The molecule has 0 aliphatic carbocycles. The number of nitro groups is 2. The molecule has 238 valence electrons. The molecule has 5 rings (SSSR count). The van der Waals surface area contributed by atoms with Crippen molar-refractivity contribution in [2.24, 2.45) is 0 Å². The SMILES string of the molecule is CCOc1cc(/C=C2\C(=O)NC(=O)N(c3ccc(OCc4ccccc4)cc3)C2=O)cc(Cl)c1Oc1ccc([N+](=O)[O-])cc1[N+](=O)[O-]. The number of benzene rings is 4. The molecule has 0 unspecified atom stereocenters. The third-order valence-electron chi connectivity index (χ3n) is 6.65. The van der Waals surface area contributed by atoms with Crippen LogP contribution in [-0.2, 0) is 16.2 Å². The van der Waals surface area contributed by atoms with E-state index in [-0.39, 0.29) is 40.1 Å². The molecule has 47 heavy (non-hydrogen) atoms. The number of nitrogens with zero attached hydrogens (tertiary/aromatic N) is 3. The van der Waals surface area contributed by atoms with E-state index in [2.05, 4.69) is 5.32 Å². The molecule has 15 heteroatoms. The van der Waals surface area contributed by atoms with Crippen LogP contribution in [0.1, 0.15) is 18.1 Å². The molecule has 1 aliphatic rings. The van der Waals surface area contributed by atoms with E-state index in [1.54, 1.807) is 19.1 Å². The lowest BCUT2D eigenvalue weighted by Gasteiger charge is -2.26. The number of urea groups is 1. The van der Waals surface area contributed by atoms with E-state index in [4.69, 9.17) is 25.8 Å². The number of hydrogen-bond donors (Lipinski definition) is 1. The Morgan fingerprint density at radius 1 is 0.872 bits per heavy atom. The molecule has 0 aromatic heterocycles. The minimum Gasteiger partial charge on any atom is -0.490 e. The van der Waals surface area contributed by atoms with Crippen LogP contribution in [-0.4, -0.2) is 34.3 Å². The molecule has 0 atom stereocenters. The molecule has 14 nitrogen and oxygen atoms in total. The van der Waals surface area contributed by atoms with Gasteiger partial charge in [-0.1, -0.05) is 41.9 Å². The average Bonchev–Trinajstić information content (AvgIpc) is 3.04. The van der Waals surface area contributed by atoms with Gasteiger partial charge in [0.1, 0.15) is 17.9 Å². The molecule has 4 aromatic rings. The number of hydrogen-bond acceptors (Lipinski definition) is 10. The number of anilines is 1. The summed E-state index contributed by atoms with van der Waals surface area (Å²) in [5, 5.41) is 24.7. The standard InChI is InChI=1S/C32H23ClN4O10/c1-2-45-28-16-20(15-25(33)29(28)47-27-13-10-22(36(41)42)17-26(27)37(43)44)14-24-30(38)34-32(40)35(31(24)39)21-8-11-23(12-9-21)46-18-19-6-4-3-5-7-19/h3-17H,2,18H2,1H3,(H,34,38,40)/b24-14+. The maximum absolute atomic E-state index is 13.5. The highest BCUT2D eigenvalue weighted by Crippen LogP contribution is 2.43. The van der Waals surface area contributed by atoms with Crippen LogP contribution >= 0.6 is 11.6 Å². The fourth-order valence-corrected chi connectivity index (χ4v) is 4.74. The van der Waals surface area contributed by atoms with Gasteiger partial charge in [0.15, 0.2) is 11.5 Å². The summed E-state index contributed by atoms with van der Waals surface area (Å²) in [6, 6.07) is 20.2. The largest absolute Gasteiger partial charge is 0.490 e. The first-order valence-electron chi connectivity index (χ1n) is 13.8. The number of barbiturate groups is 1. The molecule has 1 heterocycles. The van der Waals surface area contributed by atoms with Gasteiger partial charge in [0, 0.05) is 6.07 Å². The number of nitrogens with one attached hydrogen (secondary N) is 1. The summed E-state index contributed by atoms with van der Waals surface area (Å²) in [6.45, 7) is 2.06. The minimum atomic E-state index is -0.949. The smallest absolute Gasteiger partial charge is 0.335 e. The van der Waals surface area contributed by atoms with E-state index >= 15 is 0 Å². The van der Waals surface area contributed by atoms with E-state index in [9.17, 15) is 34.6 Å². The van der Waals surface area contributed by atoms with Gasteiger partial charge in [-0.05, 0) is 66.6 Å². The Balaban J connectivity index is 1.42. The predicted octanol–water partition coefficient (Wildman–Crippen LogP) is 6.59. The molecule has 4 amide bonds. The van der Waals surface area contributed by atoms with Crippen molar-refractivity contribution in [2.45, 2.75) is 13.5 Å². The van der Waals surface area contributed by atoms with Crippen molar-refractivity contribution in [1.82, 2.24) is 5.32 Å². The molecule has 0 radical (unpaired) electrons. The van der Waals surface area contributed by atoms with E-state index in [0.29, 0.717) is 12.4 Å². The first kappa shape index (κ1) is 32.1. The molecular weight excluding hydrogens is 636 g/mol. The van der Waals surface area contributed by atoms with Crippen molar-refractivity contribution in [3.63, 3.8) is 0 Å². The van der Waals surface area contributed by atoms with Crippen molar-refractivity contribution in [2.75, 3.05) is 11.5 Å². The quantitative estimate of drug-likeness (QED) is 0.0798. The van der Waals surface area contributed by atoms with E-state index < -0.39 is 44.6 Å². The van der Waals surface area contributed by atoms with Crippen molar-refractivity contribution in [1.29, 1.82) is 0 Å². The summed E-state index contributed by atoms with van der Waals surface area (Å²) in [6.07, 6.45) is 1.20. The Labute approximate surface area is 271 Å². The van der Waals surface area contributed by atoms with Gasteiger partial charge in [-0.3, -0.25) is 35.1 Å². The molecule has 0 spiro atoms. The lowest BCUT2D eigenvalue weighted by Crippen LogP contribution is -2.54. The van der Waals surface area contributed by atoms with Crippen LogP contribution in [0.3, 0.4) is 0 Å². The van der Waals surface area contributed by atoms with Crippen LogP contribution in [0.25, 0.3) is 6.08 Å². The Morgan fingerprint density at radius 2 is 1.60 bits per heavy atom. The summed E-state index contributed by atoms with van der Waals surface area (Å²) in [5.74, 6) is -1.88. The molecule has 1 N–H and O–H groups in total. The Hall–Kier alpha value is -6.28. The van der Waals surface area contributed by atoms with Crippen LogP contribution in [0.2, 0.25) is 5.02 Å². The Bertz CT molecular complexity index is 1930. The number of halogens is 1. The normalized spacial score (nSPS) is 13.7. The zero-order valence-corrected chi connectivity index (χ0v) is 25.1. The Morgan fingerprint density at radius 3 is 2.26 bits per heavy atom. The first-order chi connectivity index (χ1) is 22.5. The molecule has 0 saturated carbocycles. The van der Waals surface area contributed by atoms with Gasteiger partial charge >= 0.3 is 11.7 Å². The van der Waals surface area contributed by atoms with Crippen LogP contribution in [0.15, 0.2) is 90.5 Å². The van der Waals surface area contributed by atoms with Gasteiger partial charge in [-0.15, -0.1) is 0 Å². The second kappa shape index (κ2) is 13.8. The maximum atomic E-state index is 13.5. The third-order valence-corrected chi connectivity index (χ3v) is 6.93. The third kappa shape index (κ3) is 7.18. The number of nitro benzene ring substituents is 2. The minimum absolute atomic E-state index is 0.0119. The van der Waals surface area contributed by atoms with E-state index in [1.807, 2.05) is 30.3 Å². The van der Waals surface area contributed by atoms with Crippen molar-refractivity contribution >= 4 is 52.6 Å². The lowest BCUT2D eigenvalue weighted by molar-refractivity contribution is -0.394. The summed E-state index contributed by atoms with van der Waals surface area (Å²) in [4.78, 5) is 60.8. The van der Waals surface area contributed by atoms with E-state index in [0.717, 1.165) is 28.7 Å². The lowest BCUT2D eigenvalue weighted by atomic mass is 10.1. The van der Waals surface area contributed by atoms with Crippen molar-refractivity contribution < 1.29 is 38.4 Å². The summed E-state index contributed by atoms with van der Waals surface area (Å²) in [5.41, 5.74) is -0.269. The van der Waals surface area contributed by atoms with Crippen LogP contribution in [0.4, 0.5) is 21.9 Å². The number of amides is 4. The second-order valence-corrected chi connectivity index (χ2v) is 10.2. The zero-order chi connectivity index (χ0) is 33.7. The second-order valence-electron chi connectivity index (χ2n) is 9.76. The first-order valence-corrected chi connectivity index (χ1v) is 14.2. The molecule has 1 saturated heterocycles. The van der Waals surface area contributed by atoms with Crippen LogP contribution < -0.4 is 24.4 Å². The van der Waals surface area contributed by atoms with Crippen molar-refractivity contribution in [3.05, 3.63) is 127 Å². The van der Waals surface area contributed by atoms with Gasteiger partial charge in [-0.25, -0.2) is 9.69 Å². The summed E-state index contributed by atoms with van der Waals surface area (Å²) >= 11 is 6.48. The summed E-state index contributed by atoms with van der Waals surface area (Å²) in [7, 11) is 0. The fraction of sp³-hybridized carbons (Fsp3) is 0.0938. The number of rotatable bonds is 11. The number of ether oxygens (including phenoxy) is 3. The highest BCUT2D eigenvalue weighted by Gasteiger charge is 2.37. The average molecular weight is 659 g/mol. The molecule has 0 bridgehead atoms. The predicted molar refractivity (Wildman–Crippen MR) is 169 cm³/mol. The van der Waals surface area contributed by atoms with Crippen LogP contribution in [0.5, 0.6) is 23.0 Å². The highest BCUT2D eigenvalue weighted by atomic mass is 35.5. The maximum Gasteiger partial charge on any atom is 0.335 e. The number of non-ortho nitro benzene ring substituents is 1. The van der Waals surface area contributed by atoms with Gasteiger partial charge in [0.05, 0.1) is 33.2 Å². The number of carbonyl (C=O) groups is 3. The van der Waals surface area contributed by atoms with Crippen molar-refractivity contribution in [3.8, 4) is 23.0 Å². The highest BCUT2D eigenvalue weighted by molar-refractivity contribution is 6.39. The van der Waals surface area contributed by atoms with Gasteiger partial charge in [-0.2, -0.15) is 0 Å². The molecule has 4 aromatic carbocycles. The monoisotopic (exact) mass is 658 g/mol. The van der Waals surface area contributed by atoms with Gasteiger partial charge < -0.3 is 14.2 Å². The fourth-order valence-electron chi connectivity index (χ4n) is 4.48. The van der Waals surface area contributed by atoms with Gasteiger partial charge in [0.2, 0.25) is 5.75 Å².